The van der Waals surface area contributed by atoms with Gasteiger partial charge in [0.05, 0.1) is 18.2 Å². The molecule has 3 aromatic rings. The third kappa shape index (κ3) is 3.38. The zero-order valence-corrected chi connectivity index (χ0v) is 15.6. The van der Waals surface area contributed by atoms with Crippen molar-refractivity contribution in [1.29, 1.82) is 0 Å². The molecule has 0 bridgehead atoms. The van der Waals surface area contributed by atoms with E-state index in [0.717, 1.165) is 17.5 Å². The van der Waals surface area contributed by atoms with Crippen molar-refractivity contribution in [2.45, 2.75) is 32.7 Å². The van der Waals surface area contributed by atoms with Gasteiger partial charge in [-0.15, -0.1) is 0 Å². The lowest BCUT2D eigenvalue weighted by Crippen LogP contribution is -2.39. The number of hydrogen-bond donors (Lipinski definition) is 2. The number of aryl methyl sites for hydroxylation is 2. The number of carbonyl (C=O) groups excluding carboxylic acids is 2. The predicted molar refractivity (Wildman–Crippen MR) is 107 cm³/mol. The summed E-state index contributed by atoms with van der Waals surface area (Å²) < 4.78 is 0. The van der Waals surface area contributed by atoms with Gasteiger partial charge in [0.25, 0.3) is 5.91 Å². The Morgan fingerprint density at radius 1 is 1.11 bits per heavy atom. The predicted octanol–water partition coefficient (Wildman–Crippen LogP) is 3.25. The van der Waals surface area contributed by atoms with Crippen LogP contribution in [0.1, 0.15) is 23.1 Å². The first-order valence-electron chi connectivity index (χ1n) is 9.26. The van der Waals surface area contributed by atoms with E-state index in [1.54, 1.807) is 6.07 Å². The van der Waals surface area contributed by atoms with Crippen molar-refractivity contribution >= 4 is 28.4 Å². The number of H-pyrrole nitrogens is 1. The Morgan fingerprint density at radius 3 is 2.74 bits per heavy atom. The Kier molecular flexibility index (Phi) is 4.54. The summed E-state index contributed by atoms with van der Waals surface area (Å²) in [6.45, 7) is 4.68. The number of carbonyl (C=O) groups is 2. The molecule has 0 unspecified atom stereocenters. The molecule has 1 aliphatic heterocycles. The molecule has 0 saturated carbocycles. The fraction of sp³-hybridized carbons (Fsp3) is 0.273. The summed E-state index contributed by atoms with van der Waals surface area (Å²) >= 11 is 0. The molecule has 1 saturated heterocycles. The smallest absolute Gasteiger partial charge is 0.251 e. The Bertz CT molecular complexity index is 1020. The number of rotatable bonds is 5. The molecule has 5 heteroatoms. The van der Waals surface area contributed by atoms with Gasteiger partial charge in [-0.3, -0.25) is 9.59 Å². The Labute approximate surface area is 158 Å². The number of nitrogens with one attached hydrogen (secondary N) is 2. The van der Waals surface area contributed by atoms with Gasteiger partial charge in [0.15, 0.2) is 0 Å². The summed E-state index contributed by atoms with van der Waals surface area (Å²) in [5.74, 6) is -0.314. The summed E-state index contributed by atoms with van der Waals surface area (Å²) in [5.41, 5.74) is 5.24. The Morgan fingerprint density at radius 2 is 1.93 bits per heavy atom. The summed E-state index contributed by atoms with van der Waals surface area (Å²) in [7, 11) is 0. The number of fused-ring (bicyclic) bond motifs is 1. The van der Waals surface area contributed by atoms with Gasteiger partial charge in [0, 0.05) is 23.6 Å². The zero-order valence-electron chi connectivity index (χ0n) is 15.6. The molecule has 138 valence electrons. The normalized spacial score (nSPS) is 17.3. The highest BCUT2D eigenvalue weighted by atomic mass is 16.2. The highest BCUT2D eigenvalue weighted by Gasteiger charge is 2.39. The largest absolute Gasteiger partial charge is 0.361 e. The number of benzene rings is 2. The van der Waals surface area contributed by atoms with E-state index in [-0.39, 0.29) is 18.2 Å². The van der Waals surface area contributed by atoms with Gasteiger partial charge in [0.1, 0.15) is 0 Å². The summed E-state index contributed by atoms with van der Waals surface area (Å²) in [4.78, 5) is 29.7. The van der Waals surface area contributed by atoms with Crippen molar-refractivity contribution in [3.63, 3.8) is 0 Å². The molecular weight excluding hydrogens is 338 g/mol. The van der Waals surface area contributed by atoms with E-state index >= 15 is 0 Å². The molecule has 1 aromatic heterocycles. The molecule has 1 aliphatic rings. The van der Waals surface area contributed by atoms with Crippen LogP contribution in [-0.2, 0) is 16.0 Å². The van der Waals surface area contributed by atoms with E-state index in [1.165, 1.54) is 21.4 Å². The standard InChI is InChI=1S/C22H23N3O2/c1-14-4-3-5-17(10-14)25-21(26)12-20(22(25)27)23-9-8-16-13-24-19-7-6-15(2)11-18(16)19/h3-7,10-11,13,20,23-24H,8-9,12H2,1-2H3/t20-/m0/s1. The maximum absolute atomic E-state index is 12.7. The average Bonchev–Trinajstić information content (AvgIpc) is 3.15. The van der Waals surface area contributed by atoms with Gasteiger partial charge in [0.2, 0.25) is 5.91 Å². The lowest BCUT2D eigenvalue weighted by Gasteiger charge is -2.16. The lowest BCUT2D eigenvalue weighted by atomic mass is 10.1. The SMILES string of the molecule is Cc1cccc(N2C(=O)C[C@H](NCCc3c[nH]c4ccc(C)cc34)C2=O)c1. The van der Waals surface area contributed by atoms with E-state index in [9.17, 15) is 9.59 Å². The molecule has 2 aromatic carbocycles. The molecule has 27 heavy (non-hydrogen) atoms. The van der Waals surface area contributed by atoms with Crippen LogP contribution < -0.4 is 10.2 Å². The first-order valence-corrected chi connectivity index (χ1v) is 9.26. The van der Waals surface area contributed by atoms with Gasteiger partial charge in [-0.1, -0.05) is 23.8 Å². The summed E-state index contributed by atoms with van der Waals surface area (Å²) in [5, 5.41) is 4.48. The monoisotopic (exact) mass is 361 g/mol. The second kappa shape index (κ2) is 7.00. The molecule has 2 heterocycles. The fourth-order valence-electron chi connectivity index (χ4n) is 3.71. The van der Waals surface area contributed by atoms with Gasteiger partial charge < -0.3 is 10.3 Å². The van der Waals surface area contributed by atoms with Gasteiger partial charge >= 0.3 is 0 Å². The topological polar surface area (TPSA) is 65.2 Å². The van der Waals surface area contributed by atoms with Crippen molar-refractivity contribution in [3.05, 3.63) is 65.4 Å². The molecule has 0 radical (unpaired) electrons. The van der Waals surface area contributed by atoms with Crippen LogP contribution in [0.3, 0.4) is 0 Å². The number of aromatic amines is 1. The van der Waals surface area contributed by atoms with E-state index in [1.807, 2.05) is 31.3 Å². The number of imide groups is 1. The Balaban J connectivity index is 1.42. The molecule has 2 amide bonds. The maximum Gasteiger partial charge on any atom is 0.251 e. The minimum absolute atomic E-state index is 0.147. The van der Waals surface area contributed by atoms with Crippen molar-refractivity contribution < 1.29 is 9.59 Å². The second-order valence-electron chi connectivity index (χ2n) is 7.23. The summed E-state index contributed by atoms with van der Waals surface area (Å²) in [6.07, 6.45) is 3.03. The number of aromatic nitrogens is 1. The molecule has 0 aliphatic carbocycles. The molecule has 5 nitrogen and oxygen atoms in total. The van der Waals surface area contributed by atoms with Crippen LogP contribution in [0.4, 0.5) is 5.69 Å². The van der Waals surface area contributed by atoms with Gasteiger partial charge in [-0.2, -0.15) is 0 Å². The highest BCUT2D eigenvalue weighted by molar-refractivity contribution is 6.22. The number of hydrogen-bond acceptors (Lipinski definition) is 3. The number of anilines is 1. The van der Waals surface area contributed by atoms with E-state index in [4.69, 9.17) is 0 Å². The molecule has 1 atom stereocenters. The molecular formula is C22H23N3O2. The molecule has 2 N–H and O–H groups in total. The van der Waals surface area contributed by atoms with Crippen molar-refractivity contribution in [1.82, 2.24) is 10.3 Å². The summed E-state index contributed by atoms with van der Waals surface area (Å²) in [6, 6.07) is 13.4. The van der Waals surface area contributed by atoms with Crippen LogP contribution in [-0.4, -0.2) is 29.4 Å². The minimum atomic E-state index is -0.454. The van der Waals surface area contributed by atoms with E-state index in [0.29, 0.717) is 12.2 Å². The van der Waals surface area contributed by atoms with Gasteiger partial charge in [-0.05, 0) is 55.7 Å². The fourth-order valence-corrected chi connectivity index (χ4v) is 3.71. The van der Waals surface area contributed by atoms with Gasteiger partial charge in [-0.25, -0.2) is 4.90 Å². The molecule has 4 rings (SSSR count). The van der Waals surface area contributed by atoms with Crippen molar-refractivity contribution in [3.8, 4) is 0 Å². The van der Waals surface area contributed by atoms with Crippen LogP contribution in [0, 0.1) is 13.8 Å². The number of amides is 2. The van der Waals surface area contributed by atoms with Crippen LogP contribution in [0.2, 0.25) is 0 Å². The third-order valence-electron chi connectivity index (χ3n) is 5.11. The molecule has 1 fully saturated rings. The van der Waals surface area contributed by atoms with Crippen molar-refractivity contribution in [2.75, 3.05) is 11.4 Å². The van der Waals surface area contributed by atoms with E-state index < -0.39 is 6.04 Å². The van der Waals surface area contributed by atoms with E-state index in [2.05, 4.69) is 35.4 Å². The maximum atomic E-state index is 12.7. The van der Waals surface area contributed by atoms with Crippen molar-refractivity contribution in [2.24, 2.45) is 0 Å². The Hall–Kier alpha value is -2.92. The quantitative estimate of drug-likeness (QED) is 0.686. The zero-order chi connectivity index (χ0) is 19.0. The average molecular weight is 361 g/mol. The minimum Gasteiger partial charge on any atom is -0.361 e. The van der Waals surface area contributed by atoms with Crippen LogP contribution in [0.5, 0.6) is 0 Å². The third-order valence-corrected chi connectivity index (χ3v) is 5.11. The molecule has 0 spiro atoms. The van der Waals surface area contributed by atoms with Crippen LogP contribution in [0.25, 0.3) is 10.9 Å². The first-order chi connectivity index (χ1) is 13.0. The lowest BCUT2D eigenvalue weighted by molar-refractivity contribution is -0.121. The second-order valence-corrected chi connectivity index (χ2v) is 7.23. The number of nitrogens with zero attached hydrogens (tertiary/aromatic N) is 1. The first kappa shape index (κ1) is 17.5. The van der Waals surface area contributed by atoms with Crippen LogP contribution >= 0.6 is 0 Å². The highest BCUT2D eigenvalue weighted by Crippen LogP contribution is 2.24. The van der Waals surface area contributed by atoms with Crippen LogP contribution in [0.15, 0.2) is 48.7 Å².